The van der Waals surface area contributed by atoms with Gasteiger partial charge >= 0.3 is 6.11 Å². The Kier molecular flexibility index (Phi) is 4.77. The fourth-order valence-corrected chi connectivity index (χ4v) is 3.09. The maximum absolute atomic E-state index is 14.0. The van der Waals surface area contributed by atoms with Gasteiger partial charge in [-0.15, -0.1) is 0 Å². The van der Waals surface area contributed by atoms with Crippen molar-refractivity contribution in [3.8, 4) is 0 Å². The molecule has 0 amide bonds. The minimum Gasteiger partial charge on any atom is -0.390 e. The summed E-state index contributed by atoms with van der Waals surface area (Å²) < 4.78 is 46.1. The molecule has 0 radical (unpaired) electrons. The molecular weight excluding hydrogens is 257 g/mol. The lowest BCUT2D eigenvalue weighted by Crippen LogP contribution is -2.42. The molecule has 2 aliphatic carbocycles. The summed E-state index contributed by atoms with van der Waals surface area (Å²) in [7, 11) is 0. The number of hydrogen-bond donors (Lipinski definition) is 1. The van der Waals surface area contributed by atoms with Gasteiger partial charge in [0.25, 0.3) is 0 Å². The molecule has 0 spiro atoms. The van der Waals surface area contributed by atoms with Crippen molar-refractivity contribution in [3.63, 3.8) is 0 Å². The van der Waals surface area contributed by atoms with Crippen LogP contribution in [0.1, 0.15) is 51.9 Å². The summed E-state index contributed by atoms with van der Waals surface area (Å²) in [5, 5.41) is 9.39. The lowest BCUT2D eigenvalue weighted by atomic mass is 9.82. The molecular formula is C14H23F3O2. The van der Waals surface area contributed by atoms with Gasteiger partial charge in [0.15, 0.2) is 0 Å². The van der Waals surface area contributed by atoms with Crippen molar-refractivity contribution < 1.29 is 23.0 Å². The molecule has 112 valence electrons. The maximum atomic E-state index is 14.0. The van der Waals surface area contributed by atoms with E-state index in [1.165, 1.54) is 0 Å². The van der Waals surface area contributed by atoms with E-state index in [1.54, 1.807) is 0 Å². The molecule has 2 aliphatic rings. The van der Waals surface area contributed by atoms with Crippen LogP contribution in [0.4, 0.5) is 13.2 Å². The molecule has 2 saturated carbocycles. The van der Waals surface area contributed by atoms with Crippen molar-refractivity contribution in [2.45, 2.75) is 76.4 Å². The fourth-order valence-electron chi connectivity index (χ4n) is 3.09. The number of rotatable bonds is 3. The Balaban J connectivity index is 1.86. The number of alkyl halides is 3. The van der Waals surface area contributed by atoms with E-state index in [0.717, 1.165) is 12.8 Å². The Morgan fingerprint density at radius 2 is 1.68 bits per heavy atom. The van der Waals surface area contributed by atoms with Crippen molar-refractivity contribution in [1.29, 1.82) is 0 Å². The van der Waals surface area contributed by atoms with E-state index in [2.05, 4.69) is 6.92 Å². The lowest BCUT2D eigenvalue weighted by Gasteiger charge is -2.36. The number of ether oxygens (including phenoxy) is 1. The van der Waals surface area contributed by atoms with Crippen LogP contribution >= 0.6 is 0 Å². The summed E-state index contributed by atoms with van der Waals surface area (Å²) in [6.07, 6.45) is -3.42. The minimum absolute atomic E-state index is 0.0279. The lowest BCUT2D eigenvalue weighted by molar-refractivity contribution is -0.304. The first-order valence-electron chi connectivity index (χ1n) is 7.26. The molecule has 5 heteroatoms. The molecule has 0 bridgehead atoms. The number of hydrogen-bond acceptors (Lipinski definition) is 2. The van der Waals surface area contributed by atoms with E-state index in [0.29, 0.717) is 18.8 Å². The van der Waals surface area contributed by atoms with Crippen LogP contribution in [-0.2, 0) is 4.74 Å². The van der Waals surface area contributed by atoms with Gasteiger partial charge < -0.3 is 9.84 Å². The predicted molar refractivity (Wildman–Crippen MR) is 65.7 cm³/mol. The summed E-state index contributed by atoms with van der Waals surface area (Å²) in [4.78, 5) is 0. The molecule has 2 fully saturated rings. The second-order valence-corrected chi connectivity index (χ2v) is 6.15. The zero-order valence-corrected chi connectivity index (χ0v) is 11.3. The SMILES string of the molecule is CC1CCC(C(F)(F)OC2CCC(F)C(O)C2)CC1. The maximum Gasteiger partial charge on any atom is 0.358 e. The molecule has 0 aromatic rings. The highest BCUT2D eigenvalue weighted by Gasteiger charge is 2.45. The number of halogens is 3. The van der Waals surface area contributed by atoms with E-state index in [4.69, 9.17) is 4.74 Å². The van der Waals surface area contributed by atoms with Crippen molar-refractivity contribution in [1.82, 2.24) is 0 Å². The van der Waals surface area contributed by atoms with Gasteiger partial charge in [-0.1, -0.05) is 19.8 Å². The topological polar surface area (TPSA) is 29.5 Å². The molecule has 1 N–H and O–H groups in total. The van der Waals surface area contributed by atoms with Crippen LogP contribution in [0.2, 0.25) is 0 Å². The van der Waals surface area contributed by atoms with Gasteiger partial charge in [-0.05, 0) is 31.6 Å². The first-order valence-corrected chi connectivity index (χ1v) is 7.26. The van der Waals surface area contributed by atoms with Crippen molar-refractivity contribution >= 4 is 0 Å². The molecule has 0 saturated heterocycles. The molecule has 0 aromatic heterocycles. The van der Waals surface area contributed by atoms with Crippen LogP contribution in [0.25, 0.3) is 0 Å². The second kappa shape index (κ2) is 6.00. The van der Waals surface area contributed by atoms with Gasteiger partial charge in [0.1, 0.15) is 6.17 Å². The summed E-state index contributed by atoms with van der Waals surface area (Å²) in [5.74, 6) is -0.222. The molecule has 3 atom stereocenters. The molecule has 19 heavy (non-hydrogen) atoms. The molecule has 0 heterocycles. The highest BCUT2D eigenvalue weighted by molar-refractivity contribution is 4.83. The normalized spacial score (nSPS) is 41.2. The van der Waals surface area contributed by atoms with Gasteiger partial charge in [-0.25, -0.2) is 4.39 Å². The summed E-state index contributed by atoms with van der Waals surface area (Å²) in [6.45, 7) is 2.08. The minimum atomic E-state index is -3.15. The van der Waals surface area contributed by atoms with Crippen LogP contribution < -0.4 is 0 Å². The Bertz CT molecular complexity index is 290. The molecule has 2 nitrogen and oxygen atoms in total. The summed E-state index contributed by atoms with van der Waals surface area (Å²) in [6, 6.07) is 0. The zero-order valence-electron chi connectivity index (χ0n) is 11.3. The van der Waals surface area contributed by atoms with Crippen molar-refractivity contribution in [3.05, 3.63) is 0 Å². The smallest absolute Gasteiger partial charge is 0.358 e. The Labute approximate surface area is 112 Å². The number of aliphatic hydroxyl groups excluding tert-OH is 1. The van der Waals surface area contributed by atoms with E-state index in [9.17, 15) is 18.3 Å². The highest BCUT2D eigenvalue weighted by atomic mass is 19.3. The summed E-state index contributed by atoms with van der Waals surface area (Å²) in [5.41, 5.74) is 0. The van der Waals surface area contributed by atoms with Crippen LogP contribution in [0.5, 0.6) is 0 Å². The van der Waals surface area contributed by atoms with E-state index < -0.39 is 30.4 Å². The zero-order chi connectivity index (χ0) is 14.0. The predicted octanol–water partition coefficient (Wildman–Crippen LogP) is 3.67. The molecule has 0 aromatic carbocycles. The average Bonchev–Trinajstić information content (AvgIpc) is 2.34. The van der Waals surface area contributed by atoms with Gasteiger partial charge in [0.2, 0.25) is 0 Å². The van der Waals surface area contributed by atoms with Crippen LogP contribution in [-0.4, -0.2) is 29.6 Å². The van der Waals surface area contributed by atoms with Gasteiger partial charge in [-0.3, -0.25) is 0 Å². The third-order valence-corrected chi connectivity index (χ3v) is 4.50. The third kappa shape index (κ3) is 3.85. The van der Waals surface area contributed by atoms with Crippen LogP contribution in [0.15, 0.2) is 0 Å². The molecule has 0 aliphatic heterocycles. The second-order valence-electron chi connectivity index (χ2n) is 6.15. The average molecular weight is 280 g/mol. The third-order valence-electron chi connectivity index (χ3n) is 4.50. The van der Waals surface area contributed by atoms with Gasteiger partial charge in [0, 0.05) is 6.42 Å². The summed E-state index contributed by atoms with van der Waals surface area (Å²) >= 11 is 0. The molecule has 3 unspecified atom stereocenters. The first kappa shape index (κ1) is 15.1. The Hall–Kier alpha value is -0.290. The van der Waals surface area contributed by atoms with Gasteiger partial charge in [-0.2, -0.15) is 8.78 Å². The Morgan fingerprint density at radius 3 is 2.26 bits per heavy atom. The standard InChI is InChI=1S/C14H23F3O2/c1-9-2-4-10(5-3-9)14(16,17)19-11-6-7-12(15)13(18)8-11/h9-13,18H,2-8H2,1H3. The first-order chi connectivity index (χ1) is 8.88. The van der Waals surface area contributed by atoms with Crippen LogP contribution in [0.3, 0.4) is 0 Å². The quantitative estimate of drug-likeness (QED) is 0.854. The van der Waals surface area contributed by atoms with E-state index >= 15 is 0 Å². The van der Waals surface area contributed by atoms with Crippen molar-refractivity contribution in [2.24, 2.45) is 11.8 Å². The highest BCUT2D eigenvalue weighted by Crippen LogP contribution is 2.41. The largest absolute Gasteiger partial charge is 0.390 e. The Morgan fingerprint density at radius 1 is 1.05 bits per heavy atom. The van der Waals surface area contributed by atoms with E-state index in [1.807, 2.05) is 0 Å². The monoisotopic (exact) mass is 280 g/mol. The van der Waals surface area contributed by atoms with Crippen LogP contribution in [0, 0.1) is 11.8 Å². The van der Waals surface area contributed by atoms with Gasteiger partial charge in [0.05, 0.1) is 18.1 Å². The fraction of sp³-hybridized carbons (Fsp3) is 1.00. The molecule has 2 rings (SSSR count). The van der Waals surface area contributed by atoms with Crippen molar-refractivity contribution in [2.75, 3.05) is 0 Å². The van der Waals surface area contributed by atoms with E-state index in [-0.39, 0.29) is 19.3 Å². The number of aliphatic hydroxyl groups is 1.